The van der Waals surface area contributed by atoms with Crippen LogP contribution in [0, 0.1) is 5.82 Å². The van der Waals surface area contributed by atoms with Crippen LogP contribution in [0.1, 0.15) is 29.1 Å². The summed E-state index contributed by atoms with van der Waals surface area (Å²) in [5, 5.41) is 5.41. The van der Waals surface area contributed by atoms with Crippen molar-refractivity contribution >= 4 is 11.8 Å². The Bertz CT molecular complexity index is 1070. The van der Waals surface area contributed by atoms with Crippen LogP contribution in [0.5, 0.6) is 0 Å². The summed E-state index contributed by atoms with van der Waals surface area (Å²) in [5.74, 6) is 0.408. The number of ketones is 1. The van der Waals surface area contributed by atoms with E-state index >= 15 is 0 Å². The Morgan fingerprint density at radius 3 is 2.43 bits per heavy atom. The molecule has 2 amide bonds. The molecule has 3 aromatic rings. The number of urea groups is 1. The molecule has 0 saturated carbocycles. The van der Waals surface area contributed by atoms with Crippen LogP contribution < -0.4 is 10.6 Å². The molecule has 1 aromatic heterocycles. The number of amides is 2. The van der Waals surface area contributed by atoms with Crippen LogP contribution in [0.3, 0.4) is 0 Å². The van der Waals surface area contributed by atoms with Crippen molar-refractivity contribution in [3.63, 3.8) is 0 Å². The van der Waals surface area contributed by atoms with Gasteiger partial charge in [-0.2, -0.15) is 0 Å². The molecule has 0 aliphatic carbocycles. The van der Waals surface area contributed by atoms with E-state index in [1.165, 1.54) is 12.1 Å². The maximum absolute atomic E-state index is 13.2. The number of furan rings is 1. The smallest absolute Gasteiger partial charge is 0.319 e. The van der Waals surface area contributed by atoms with Gasteiger partial charge < -0.3 is 15.1 Å². The minimum Gasteiger partial charge on any atom is -0.459 e. The van der Waals surface area contributed by atoms with E-state index in [1.54, 1.807) is 55.5 Å². The second kappa shape index (κ2) is 7.15. The molecule has 1 atom stereocenters. The highest BCUT2D eigenvalue weighted by Gasteiger charge is 2.33. The first kappa shape index (κ1) is 17.7. The summed E-state index contributed by atoms with van der Waals surface area (Å²) in [6, 6.07) is 17.1. The van der Waals surface area contributed by atoms with Crippen LogP contribution in [0.15, 0.2) is 82.4 Å². The number of Topliss-reactive ketones (excluding diaryl/α,β-unsaturated/α-hetero) is 1. The Morgan fingerprint density at radius 1 is 1.00 bits per heavy atom. The molecule has 6 heteroatoms. The maximum atomic E-state index is 13.2. The molecule has 2 aromatic carbocycles. The fourth-order valence-electron chi connectivity index (χ4n) is 3.23. The molecule has 0 radical (unpaired) electrons. The Kier molecular flexibility index (Phi) is 4.53. The zero-order chi connectivity index (χ0) is 19.7. The van der Waals surface area contributed by atoms with E-state index in [1.807, 2.05) is 6.07 Å². The molecule has 1 unspecified atom stereocenters. The van der Waals surface area contributed by atoms with Gasteiger partial charge in [-0.1, -0.05) is 30.3 Å². The predicted octanol–water partition coefficient (Wildman–Crippen LogP) is 4.60. The average Bonchev–Trinajstić information content (AvgIpc) is 3.18. The molecule has 0 bridgehead atoms. The van der Waals surface area contributed by atoms with Crippen LogP contribution in [-0.2, 0) is 0 Å². The topological polar surface area (TPSA) is 71.3 Å². The van der Waals surface area contributed by atoms with Gasteiger partial charge in [0.2, 0.25) is 0 Å². The third-order valence-electron chi connectivity index (χ3n) is 4.59. The predicted molar refractivity (Wildman–Crippen MR) is 102 cm³/mol. The third kappa shape index (κ3) is 3.32. The first-order valence-electron chi connectivity index (χ1n) is 8.76. The standard InChI is InChI=1S/C22H17FN2O3/c1-13-19(21(26)15-5-3-2-4-6-15)20(25-22(27)24-13)18-12-11-17(28-18)14-7-9-16(23)10-8-14/h2-12,20H,1H3,(H2,24,25,27). The summed E-state index contributed by atoms with van der Waals surface area (Å²) >= 11 is 0. The largest absolute Gasteiger partial charge is 0.459 e. The fourth-order valence-corrected chi connectivity index (χ4v) is 3.23. The van der Waals surface area contributed by atoms with E-state index in [2.05, 4.69) is 10.6 Å². The number of carbonyl (C=O) groups is 2. The minimum absolute atomic E-state index is 0.199. The van der Waals surface area contributed by atoms with Crippen molar-refractivity contribution < 1.29 is 18.4 Å². The number of rotatable bonds is 4. The van der Waals surface area contributed by atoms with E-state index in [0.717, 1.165) is 0 Å². The summed E-state index contributed by atoms with van der Waals surface area (Å²) in [6.45, 7) is 1.69. The molecule has 28 heavy (non-hydrogen) atoms. The Hall–Kier alpha value is -3.67. The van der Waals surface area contributed by atoms with Crippen molar-refractivity contribution in [1.29, 1.82) is 0 Å². The van der Waals surface area contributed by atoms with Crippen molar-refractivity contribution in [2.75, 3.05) is 0 Å². The van der Waals surface area contributed by atoms with Crippen LogP contribution >= 0.6 is 0 Å². The summed E-state index contributed by atoms with van der Waals surface area (Å²) < 4.78 is 19.1. The zero-order valence-electron chi connectivity index (χ0n) is 15.0. The van der Waals surface area contributed by atoms with Gasteiger partial charge in [-0.05, 0) is 43.3 Å². The van der Waals surface area contributed by atoms with Crippen LogP contribution in [0.2, 0.25) is 0 Å². The van der Waals surface area contributed by atoms with Crippen molar-refractivity contribution in [3.05, 3.63) is 95.1 Å². The lowest BCUT2D eigenvalue weighted by Gasteiger charge is -2.27. The molecule has 2 N–H and O–H groups in total. The first-order valence-corrected chi connectivity index (χ1v) is 8.76. The quantitative estimate of drug-likeness (QED) is 0.654. The molecule has 1 aliphatic heterocycles. The Balaban J connectivity index is 1.72. The monoisotopic (exact) mass is 376 g/mol. The second-order valence-corrected chi connectivity index (χ2v) is 6.47. The van der Waals surface area contributed by atoms with Crippen molar-refractivity contribution in [2.45, 2.75) is 13.0 Å². The maximum Gasteiger partial charge on any atom is 0.319 e. The van der Waals surface area contributed by atoms with Gasteiger partial charge in [0, 0.05) is 22.4 Å². The molecular weight excluding hydrogens is 359 g/mol. The number of carbonyl (C=O) groups excluding carboxylic acids is 2. The lowest BCUT2D eigenvalue weighted by molar-refractivity contribution is 0.102. The van der Waals surface area contributed by atoms with Gasteiger partial charge in [-0.25, -0.2) is 9.18 Å². The Labute approximate surface area is 160 Å². The lowest BCUT2D eigenvalue weighted by Crippen LogP contribution is -2.45. The summed E-state index contributed by atoms with van der Waals surface area (Å²) in [4.78, 5) is 25.1. The summed E-state index contributed by atoms with van der Waals surface area (Å²) in [5.41, 5.74) is 2.10. The van der Waals surface area contributed by atoms with Crippen LogP contribution in [0.25, 0.3) is 11.3 Å². The molecule has 0 fully saturated rings. The Morgan fingerprint density at radius 2 is 1.71 bits per heavy atom. The average molecular weight is 376 g/mol. The van der Waals surface area contributed by atoms with E-state index < -0.39 is 12.1 Å². The minimum atomic E-state index is -0.726. The van der Waals surface area contributed by atoms with Crippen molar-refractivity contribution in [2.24, 2.45) is 0 Å². The molecule has 5 nitrogen and oxygen atoms in total. The van der Waals surface area contributed by atoms with E-state index in [4.69, 9.17) is 4.42 Å². The van der Waals surface area contributed by atoms with Crippen LogP contribution in [0.4, 0.5) is 9.18 Å². The highest BCUT2D eigenvalue weighted by molar-refractivity contribution is 6.11. The molecular formula is C22H17FN2O3. The number of halogens is 1. The highest BCUT2D eigenvalue weighted by Crippen LogP contribution is 2.33. The number of benzene rings is 2. The number of allylic oxidation sites excluding steroid dienone is 1. The van der Waals surface area contributed by atoms with E-state index in [0.29, 0.717) is 33.9 Å². The highest BCUT2D eigenvalue weighted by atomic mass is 19.1. The van der Waals surface area contributed by atoms with Crippen molar-refractivity contribution in [3.8, 4) is 11.3 Å². The summed E-state index contributed by atoms with van der Waals surface area (Å²) in [6.07, 6.45) is 0. The van der Waals surface area contributed by atoms with E-state index in [-0.39, 0.29) is 11.6 Å². The lowest BCUT2D eigenvalue weighted by atomic mass is 9.93. The molecule has 0 spiro atoms. The number of hydrogen-bond donors (Lipinski definition) is 2. The molecule has 4 rings (SSSR count). The van der Waals surface area contributed by atoms with Gasteiger partial charge >= 0.3 is 6.03 Å². The molecule has 140 valence electrons. The van der Waals surface area contributed by atoms with E-state index in [9.17, 15) is 14.0 Å². The molecule has 1 aliphatic rings. The second-order valence-electron chi connectivity index (χ2n) is 6.47. The fraction of sp³-hybridized carbons (Fsp3) is 0.0909. The number of nitrogens with one attached hydrogen (secondary N) is 2. The first-order chi connectivity index (χ1) is 13.5. The van der Waals surface area contributed by atoms with Crippen LogP contribution in [-0.4, -0.2) is 11.8 Å². The summed E-state index contributed by atoms with van der Waals surface area (Å²) in [7, 11) is 0. The van der Waals surface area contributed by atoms with Gasteiger partial charge in [-0.3, -0.25) is 4.79 Å². The van der Waals surface area contributed by atoms with Crippen molar-refractivity contribution in [1.82, 2.24) is 10.6 Å². The third-order valence-corrected chi connectivity index (χ3v) is 4.59. The molecule has 2 heterocycles. The SMILES string of the molecule is CC1=C(C(=O)c2ccccc2)C(c2ccc(-c3ccc(F)cc3)o2)NC(=O)N1. The van der Waals surface area contributed by atoms with Gasteiger partial charge in [0.05, 0.1) is 0 Å². The molecule has 0 saturated heterocycles. The van der Waals surface area contributed by atoms with Gasteiger partial charge in [0.15, 0.2) is 5.78 Å². The van der Waals surface area contributed by atoms with Gasteiger partial charge in [-0.15, -0.1) is 0 Å². The van der Waals surface area contributed by atoms with Gasteiger partial charge in [0.25, 0.3) is 0 Å². The van der Waals surface area contributed by atoms with Gasteiger partial charge in [0.1, 0.15) is 23.4 Å². The zero-order valence-corrected chi connectivity index (χ0v) is 15.0. The number of hydrogen-bond acceptors (Lipinski definition) is 3. The normalized spacial score (nSPS) is 16.5.